The van der Waals surface area contributed by atoms with Crippen molar-refractivity contribution in [2.24, 2.45) is 0 Å². The molecular weight excluding hydrogens is 236 g/mol. The van der Waals surface area contributed by atoms with Crippen molar-refractivity contribution in [3.05, 3.63) is 29.8 Å². The van der Waals surface area contributed by atoms with Gasteiger partial charge in [0.15, 0.2) is 0 Å². The zero-order valence-corrected chi connectivity index (χ0v) is 9.99. The first-order chi connectivity index (χ1) is 8.50. The predicted octanol–water partition coefficient (Wildman–Crippen LogP) is 1.37. The number of phenolic OH excluding ortho intramolecular Hbond substituents is 1. The summed E-state index contributed by atoms with van der Waals surface area (Å²) in [5.41, 5.74) is 0.179. The van der Waals surface area contributed by atoms with Crippen LogP contribution >= 0.6 is 0 Å². The summed E-state index contributed by atoms with van der Waals surface area (Å²) in [5.74, 6) is -0.912. The maximum Gasteiger partial charge on any atom is 0.335 e. The summed E-state index contributed by atoms with van der Waals surface area (Å²) < 4.78 is 0. The van der Waals surface area contributed by atoms with Crippen molar-refractivity contribution in [3.8, 4) is 5.75 Å². The number of hydrogen-bond acceptors (Lipinski definition) is 4. The van der Waals surface area contributed by atoms with E-state index in [4.69, 9.17) is 20.4 Å². The molecule has 0 saturated heterocycles. The van der Waals surface area contributed by atoms with Crippen LogP contribution in [0.5, 0.6) is 5.75 Å². The average Bonchev–Trinajstić information content (AvgIpc) is 2.34. The van der Waals surface area contributed by atoms with Gasteiger partial charge in [-0.3, -0.25) is 0 Å². The molecule has 0 bridgehead atoms. The SMILES string of the molecule is O=C(O)c1ccc(O)cc1.OC1CCCCC1O. The molecule has 1 aromatic carbocycles. The van der Waals surface area contributed by atoms with Gasteiger partial charge in [-0.15, -0.1) is 0 Å². The second kappa shape index (κ2) is 6.98. The Labute approximate surface area is 105 Å². The molecule has 0 aromatic heterocycles. The fourth-order valence-corrected chi connectivity index (χ4v) is 1.70. The van der Waals surface area contributed by atoms with Crippen LogP contribution < -0.4 is 0 Å². The maximum absolute atomic E-state index is 10.2. The molecule has 1 aromatic rings. The highest BCUT2D eigenvalue weighted by atomic mass is 16.4. The van der Waals surface area contributed by atoms with Crippen molar-refractivity contribution in [2.45, 2.75) is 37.9 Å². The fourth-order valence-electron chi connectivity index (χ4n) is 1.70. The summed E-state index contributed by atoms with van der Waals surface area (Å²) in [6.07, 6.45) is 2.81. The van der Waals surface area contributed by atoms with Crippen LogP contribution in [-0.4, -0.2) is 38.6 Å². The average molecular weight is 254 g/mol. The van der Waals surface area contributed by atoms with Gasteiger partial charge in [-0.25, -0.2) is 4.79 Å². The molecule has 2 unspecified atom stereocenters. The number of carboxylic acid groups (broad SMARTS) is 1. The molecule has 5 heteroatoms. The van der Waals surface area contributed by atoms with Gasteiger partial charge in [0, 0.05) is 0 Å². The van der Waals surface area contributed by atoms with E-state index in [0.717, 1.165) is 25.7 Å². The molecule has 2 rings (SSSR count). The Kier molecular flexibility index (Phi) is 5.61. The third kappa shape index (κ3) is 4.73. The lowest BCUT2D eigenvalue weighted by Crippen LogP contribution is -2.28. The number of rotatable bonds is 1. The normalized spacial score (nSPS) is 22.8. The smallest absolute Gasteiger partial charge is 0.335 e. The van der Waals surface area contributed by atoms with E-state index in [2.05, 4.69) is 0 Å². The zero-order chi connectivity index (χ0) is 13.5. The molecule has 18 heavy (non-hydrogen) atoms. The third-order valence-corrected chi connectivity index (χ3v) is 2.81. The quantitative estimate of drug-likeness (QED) is 0.607. The Balaban J connectivity index is 0.000000184. The topological polar surface area (TPSA) is 98.0 Å². The van der Waals surface area contributed by atoms with Crippen molar-refractivity contribution in [3.63, 3.8) is 0 Å². The van der Waals surface area contributed by atoms with Gasteiger partial charge < -0.3 is 20.4 Å². The van der Waals surface area contributed by atoms with Crippen LogP contribution in [0, 0.1) is 0 Å². The second-order valence-electron chi connectivity index (χ2n) is 4.27. The highest BCUT2D eigenvalue weighted by Gasteiger charge is 2.19. The Morgan fingerprint density at radius 1 is 1.00 bits per heavy atom. The number of aliphatic hydroxyl groups is 2. The van der Waals surface area contributed by atoms with Gasteiger partial charge in [0.2, 0.25) is 0 Å². The van der Waals surface area contributed by atoms with E-state index in [1.54, 1.807) is 0 Å². The molecule has 0 spiro atoms. The first-order valence-corrected chi connectivity index (χ1v) is 5.89. The molecule has 1 fully saturated rings. The summed E-state index contributed by atoms with van der Waals surface area (Å²) in [7, 11) is 0. The lowest BCUT2D eigenvalue weighted by molar-refractivity contribution is -0.00865. The molecule has 1 aliphatic rings. The highest BCUT2D eigenvalue weighted by Crippen LogP contribution is 2.17. The summed E-state index contributed by atoms with van der Waals surface area (Å²) in [5, 5.41) is 35.0. The van der Waals surface area contributed by atoms with Crippen LogP contribution in [0.15, 0.2) is 24.3 Å². The lowest BCUT2D eigenvalue weighted by atomic mass is 9.95. The summed E-state index contributed by atoms with van der Waals surface area (Å²) in [6.45, 7) is 0. The predicted molar refractivity (Wildman–Crippen MR) is 65.5 cm³/mol. The first-order valence-electron chi connectivity index (χ1n) is 5.89. The van der Waals surface area contributed by atoms with Gasteiger partial charge in [0.05, 0.1) is 17.8 Å². The van der Waals surface area contributed by atoms with Crippen molar-refractivity contribution < 1.29 is 25.2 Å². The Morgan fingerprint density at radius 2 is 1.44 bits per heavy atom. The number of hydrogen-bond donors (Lipinski definition) is 4. The van der Waals surface area contributed by atoms with Crippen molar-refractivity contribution in [2.75, 3.05) is 0 Å². The van der Waals surface area contributed by atoms with E-state index in [-0.39, 0.29) is 11.3 Å². The van der Waals surface area contributed by atoms with Crippen LogP contribution in [-0.2, 0) is 0 Å². The molecule has 4 N–H and O–H groups in total. The molecule has 0 amide bonds. The summed E-state index contributed by atoms with van der Waals surface area (Å²) >= 11 is 0. The van der Waals surface area contributed by atoms with E-state index >= 15 is 0 Å². The van der Waals surface area contributed by atoms with E-state index in [1.165, 1.54) is 24.3 Å². The van der Waals surface area contributed by atoms with Gasteiger partial charge in [0.25, 0.3) is 0 Å². The van der Waals surface area contributed by atoms with Crippen molar-refractivity contribution in [1.29, 1.82) is 0 Å². The van der Waals surface area contributed by atoms with Gasteiger partial charge in [-0.05, 0) is 37.1 Å². The van der Waals surface area contributed by atoms with Gasteiger partial charge >= 0.3 is 5.97 Å². The molecular formula is C13H18O5. The molecule has 1 saturated carbocycles. The maximum atomic E-state index is 10.2. The second-order valence-corrected chi connectivity index (χ2v) is 4.27. The Hall–Kier alpha value is -1.59. The van der Waals surface area contributed by atoms with Crippen molar-refractivity contribution in [1.82, 2.24) is 0 Å². The first kappa shape index (κ1) is 14.5. The van der Waals surface area contributed by atoms with Crippen LogP contribution in [0.3, 0.4) is 0 Å². The van der Waals surface area contributed by atoms with Crippen molar-refractivity contribution >= 4 is 5.97 Å². The molecule has 100 valence electrons. The summed E-state index contributed by atoms with van der Waals surface area (Å²) in [4.78, 5) is 10.2. The van der Waals surface area contributed by atoms with Crippen LogP contribution in [0.2, 0.25) is 0 Å². The molecule has 5 nitrogen and oxygen atoms in total. The standard InChI is InChI=1S/C7H6O3.C6H12O2/c8-6-3-1-5(2-4-6)7(9)10;7-5-3-1-2-4-6(5)8/h1-4,8H,(H,9,10);5-8H,1-4H2. The number of benzene rings is 1. The van der Waals surface area contributed by atoms with E-state index in [1.807, 2.05) is 0 Å². The minimum atomic E-state index is -0.986. The van der Waals surface area contributed by atoms with Crippen LogP contribution in [0.4, 0.5) is 0 Å². The zero-order valence-electron chi connectivity index (χ0n) is 9.99. The highest BCUT2D eigenvalue weighted by molar-refractivity contribution is 5.87. The molecule has 0 heterocycles. The molecule has 2 atom stereocenters. The van der Waals surface area contributed by atoms with E-state index in [9.17, 15) is 4.79 Å². The largest absolute Gasteiger partial charge is 0.508 e. The monoisotopic (exact) mass is 254 g/mol. The number of phenols is 1. The Morgan fingerprint density at radius 3 is 1.78 bits per heavy atom. The minimum Gasteiger partial charge on any atom is -0.508 e. The number of carboxylic acids is 1. The fraction of sp³-hybridized carbons (Fsp3) is 0.462. The van der Waals surface area contributed by atoms with Crippen LogP contribution in [0.1, 0.15) is 36.0 Å². The number of carbonyl (C=O) groups is 1. The van der Waals surface area contributed by atoms with Crippen LogP contribution in [0.25, 0.3) is 0 Å². The minimum absolute atomic E-state index is 0.0741. The number of aliphatic hydroxyl groups excluding tert-OH is 2. The van der Waals surface area contributed by atoms with E-state index < -0.39 is 18.2 Å². The van der Waals surface area contributed by atoms with Gasteiger partial charge in [0.1, 0.15) is 5.75 Å². The molecule has 0 radical (unpaired) electrons. The lowest BCUT2D eigenvalue weighted by Gasteiger charge is -2.22. The van der Waals surface area contributed by atoms with E-state index in [0.29, 0.717) is 0 Å². The molecule has 1 aliphatic carbocycles. The third-order valence-electron chi connectivity index (χ3n) is 2.81. The summed E-state index contributed by atoms with van der Waals surface area (Å²) in [6, 6.07) is 5.36. The van der Waals surface area contributed by atoms with Gasteiger partial charge in [-0.2, -0.15) is 0 Å². The molecule has 0 aliphatic heterocycles. The Bertz CT molecular complexity index is 363. The number of aromatic hydroxyl groups is 1. The van der Waals surface area contributed by atoms with Gasteiger partial charge in [-0.1, -0.05) is 12.8 Å². The number of aromatic carboxylic acids is 1.